The van der Waals surface area contributed by atoms with Crippen molar-refractivity contribution in [3.05, 3.63) is 30.5 Å². The summed E-state index contributed by atoms with van der Waals surface area (Å²) in [4.78, 5) is 0. The molecule has 3 heteroatoms. The molecule has 0 amide bonds. The third kappa shape index (κ3) is 1.62. The zero-order valence-electron chi connectivity index (χ0n) is 6.41. The summed E-state index contributed by atoms with van der Waals surface area (Å²) in [6.45, 7) is 3.56. The van der Waals surface area contributed by atoms with Gasteiger partial charge in [-0.15, -0.1) is 6.58 Å². The Morgan fingerprint density at radius 3 is 3.00 bits per heavy atom. The van der Waals surface area contributed by atoms with E-state index in [1.807, 2.05) is 0 Å². The van der Waals surface area contributed by atoms with Crippen LogP contribution in [0.3, 0.4) is 0 Å². The Hall–Kier alpha value is -1.22. The molecule has 0 saturated heterocycles. The number of hydrogen-bond donors (Lipinski definition) is 1. The van der Waals surface area contributed by atoms with Crippen molar-refractivity contribution in [2.24, 2.45) is 5.73 Å². The molecule has 1 atom stereocenters. The largest absolute Gasteiger partial charge is 0.468 e. The molecule has 1 aromatic heterocycles. The maximum absolute atomic E-state index is 5.63. The van der Waals surface area contributed by atoms with Gasteiger partial charge in [-0.3, -0.25) is 0 Å². The number of rotatable bonds is 3. The average Bonchev–Trinajstić information content (AvgIpc) is 2.50. The van der Waals surface area contributed by atoms with E-state index in [-0.39, 0.29) is 6.04 Å². The molecule has 60 valence electrons. The lowest BCUT2D eigenvalue weighted by Gasteiger charge is -1.98. The third-order valence-electron chi connectivity index (χ3n) is 1.44. The molecule has 0 aromatic carbocycles. The average molecular weight is 153 g/mol. The van der Waals surface area contributed by atoms with E-state index in [2.05, 4.69) is 6.58 Å². The molecule has 11 heavy (non-hydrogen) atoms. The second-order valence-corrected chi connectivity index (χ2v) is 2.16. The molecule has 0 spiro atoms. The molecule has 0 unspecified atom stereocenters. The fourth-order valence-electron chi connectivity index (χ4n) is 0.748. The first-order valence-electron chi connectivity index (χ1n) is 3.28. The van der Waals surface area contributed by atoms with Gasteiger partial charge in [0.1, 0.15) is 0 Å². The smallest absolute Gasteiger partial charge is 0.284 e. The van der Waals surface area contributed by atoms with Gasteiger partial charge in [0, 0.05) is 11.6 Å². The lowest BCUT2D eigenvalue weighted by atomic mass is 10.2. The number of ether oxygens (including phenoxy) is 1. The van der Waals surface area contributed by atoms with Crippen molar-refractivity contribution in [2.75, 3.05) is 7.11 Å². The molecule has 0 aliphatic heterocycles. The standard InChI is InChI=1S/C8H11NO2/c1-3-7(9)6-4-8(10-2)11-5-6/h3-5,7H,1,9H2,2H3/t7-/m0/s1. The predicted molar refractivity (Wildman–Crippen MR) is 42.4 cm³/mol. The van der Waals surface area contributed by atoms with Crippen molar-refractivity contribution >= 4 is 0 Å². The highest BCUT2D eigenvalue weighted by atomic mass is 16.6. The summed E-state index contributed by atoms with van der Waals surface area (Å²) in [5.74, 6) is 0.470. The maximum atomic E-state index is 5.63. The highest BCUT2D eigenvalue weighted by molar-refractivity contribution is 5.22. The normalized spacial score (nSPS) is 12.5. The molecule has 2 N–H and O–H groups in total. The minimum atomic E-state index is -0.178. The van der Waals surface area contributed by atoms with Crippen LogP contribution in [0.15, 0.2) is 29.4 Å². The van der Waals surface area contributed by atoms with Crippen LogP contribution >= 0.6 is 0 Å². The molecular formula is C8H11NO2. The second kappa shape index (κ2) is 3.25. The topological polar surface area (TPSA) is 48.4 Å². The van der Waals surface area contributed by atoms with Gasteiger partial charge in [0.2, 0.25) is 0 Å². The van der Waals surface area contributed by atoms with Gasteiger partial charge in [0.05, 0.1) is 19.4 Å². The van der Waals surface area contributed by atoms with E-state index in [1.54, 1.807) is 25.5 Å². The summed E-state index contributed by atoms with van der Waals surface area (Å²) < 4.78 is 9.82. The Labute approximate surface area is 65.4 Å². The molecule has 0 fully saturated rings. The fraction of sp³-hybridized carbons (Fsp3) is 0.250. The van der Waals surface area contributed by atoms with Crippen LogP contribution in [0.1, 0.15) is 11.6 Å². The van der Waals surface area contributed by atoms with Crippen molar-refractivity contribution < 1.29 is 9.15 Å². The third-order valence-corrected chi connectivity index (χ3v) is 1.44. The first kappa shape index (κ1) is 7.88. The van der Waals surface area contributed by atoms with Gasteiger partial charge in [0.15, 0.2) is 0 Å². The highest BCUT2D eigenvalue weighted by Gasteiger charge is 2.05. The minimum Gasteiger partial charge on any atom is -0.468 e. The van der Waals surface area contributed by atoms with Crippen LogP contribution in [0, 0.1) is 0 Å². The summed E-state index contributed by atoms with van der Waals surface area (Å²) in [7, 11) is 1.54. The molecule has 0 bridgehead atoms. The van der Waals surface area contributed by atoms with Gasteiger partial charge in [0.25, 0.3) is 5.95 Å². The Kier molecular flexibility index (Phi) is 2.33. The highest BCUT2D eigenvalue weighted by Crippen LogP contribution is 2.20. The van der Waals surface area contributed by atoms with E-state index in [0.717, 1.165) is 5.56 Å². The van der Waals surface area contributed by atoms with Gasteiger partial charge in [-0.2, -0.15) is 0 Å². The maximum Gasteiger partial charge on any atom is 0.284 e. The molecule has 1 aromatic rings. The van der Waals surface area contributed by atoms with Gasteiger partial charge >= 0.3 is 0 Å². The zero-order chi connectivity index (χ0) is 8.27. The van der Waals surface area contributed by atoms with Gasteiger partial charge in [-0.05, 0) is 0 Å². The summed E-state index contributed by atoms with van der Waals surface area (Å²) >= 11 is 0. The number of hydrogen-bond acceptors (Lipinski definition) is 3. The minimum absolute atomic E-state index is 0.178. The van der Waals surface area contributed by atoms with Crippen molar-refractivity contribution in [3.63, 3.8) is 0 Å². The summed E-state index contributed by atoms with van der Waals surface area (Å²) in [5, 5.41) is 0. The van der Waals surface area contributed by atoms with E-state index in [1.165, 1.54) is 0 Å². The Morgan fingerprint density at radius 1 is 1.82 bits per heavy atom. The van der Waals surface area contributed by atoms with E-state index >= 15 is 0 Å². The molecular weight excluding hydrogens is 142 g/mol. The van der Waals surface area contributed by atoms with Crippen LogP contribution in [0.5, 0.6) is 5.95 Å². The fourth-order valence-corrected chi connectivity index (χ4v) is 0.748. The predicted octanol–water partition coefficient (Wildman–Crippen LogP) is 1.47. The van der Waals surface area contributed by atoms with Crippen LogP contribution in [0.2, 0.25) is 0 Å². The van der Waals surface area contributed by atoms with Crippen molar-refractivity contribution in [1.29, 1.82) is 0 Å². The molecule has 0 saturated carbocycles. The first-order chi connectivity index (χ1) is 5.27. The lowest BCUT2D eigenvalue weighted by Crippen LogP contribution is -2.04. The quantitative estimate of drug-likeness (QED) is 0.669. The lowest BCUT2D eigenvalue weighted by molar-refractivity contribution is 0.305. The van der Waals surface area contributed by atoms with Crippen molar-refractivity contribution in [1.82, 2.24) is 0 Å². The summed E-state index contributed by atoms with van der Waals surface area (Å²) in [6.07, 6.45) is 3.20. The molecule has 0 radical (unpaired) electrons. The van der Waals surface area contributed by atoms with Gasteiger partial charge in [-0.25, -0.2) is 0 Å². The van der Waals surface area contributed by atoms with E-state index in [9.17, 15) is 0 Å². The molecule has 3 nitrogen and oxygen atoms in total. The van der Waals surface area contributed by atoms with E-state index < -0.39 is 0 Å². The zero-order valence-corrected chi connectivity index (χ0v) is 6.41. The van der Waals surface area contributed by atoms with Crippen LogP contribution in [-0.2, 0) is 0 Å². The van der Waals surface area contributed by atoms with Crippen LogP contribution in [-0.4, -0.2) is 7.11 Å². The summed E-state index contributed by atoms with van der Waals surface area (Å²) in [6, 6.07) is 1.56. The first-order valence-corrected chi connectivity index (χ1v) is 3.28. The molecule has 1 heterocycles. The van der Waals surface area contributed by atoms with E-state index in [0.29, 0.717) is 5.95 Å². The van der Waals surface area contributed by atoms with Crippen molar-refractivity contribution in [3.8, 4) is 5.95 Å². The molecule has 0 aliphatic carbocycles. The van der Waals surface area contributed by atoms with Crippen LogP contribution in [0.4, 0.5) is 0 Å². The Morgan fingerprint density at radius 2 is 2.55 bits per heavy atom. The monoisotopic (exact) mass is 153 g/mol. The Bertz CT molecular complexity index is 242. The number of furan rings is 1. The second-order valence-electron chi connectivity index (χ2n) is 2.16. The molecule has 0 aliphatic rings. The Balaban J connectivity index is 2.79. The van der Waals surface area contributed by atoms with Crippen LogP contribution < -0.4 is 10.5 Å². The van der Waals surface area contributed by atoms with Gasteiger partial charge < -0.3 is 14.9 Å². The van der Waals surface area contributed by atoms with Crippen molar-refractivity contribution in [2.45, 2.75) is 6.04 Å². The number of methoxy groups -OCH3 is 1. The van der Waals surface area contributed by atoms with Gasteiger partial charge in [-0.1, -0.05) is 6.08 Å². The van der Waals surface area contributed by atoms with E-state index in [4.69, 9.17) is 14.9 Å². The molecule has 1 rings (SSSR count). The number of nitrogens with two attached hydrogens (primary N) is 1. The SMILES string of the molecule is C=C[C@H](N)c1coc(OC)c1. The summed E-state index contributed by atoms with van der Waals surface area (Å²) in [5.41, 5.74) is 6.50. The van der Waals surface area contributed by atoms with Crippen LogP contribution in [0.25, 0.3) is 0 Å².